The van der Waals surface area contributed by atoms with Gasteiger partial charge in [0.15, 0.2) is 11.4 Å². The molecule has 1 atom stereocenters. The molecular weight excluding hydrogens is 384 g/mol. The summed E-state index contributed by atoms with van der Waals surface area (Å²) in [5.74, 6) is -0.308. The van der Waals surface area contributed by atoms with E-state index in [2.05, 4.69) is 9.97 Å². The lowest BCUT2D eigenvalue weighted by Gasteiger charge is -2.23. The van der Waals surface area contributed by atoms with E-state index in [1.807, 2.05) is 18.2 Å². The van der Waals surface area contributed by atoms with Gasteiger partial charge in [-0.2, -0.15) is 0 Å². The van der Waals surface area contributed by atoms with Crippen molar-refractivity contribution in [2.45, 2.75) is 25.7 Å². The summed E-state index contributed by atoms with van der Waals surface area (Å²) in [6.07, 6.45) is 0.122. The Bertz CT molecular complexity index is 1090. The van der Waals surface area contributed by atoms with E-state index in [0.29, 0.717) is 29.8 Å². The maximum Gasteiger partial charge on any atom is 0.245 e. The van der Waals surface area contributed by atoms with E-state index in [0.717, 1.165) is 0 Å². The standard InChI is InChI=1S/C23H22N2O5/c1-3-28-22(29-4-2)18(26)14-19-23(27,15-10-6-5-7-11-15)20-21(30-19)25-17-13-9-8-12-16(17)24-20/h5-14,22,27H,3-4H2,1-2H3/b19-14+. The lowest BCUT2D eigenvalue weighted by Crippen LogP contribution is -2.31. The van der Waals surface area contributed by atoms with Gasteiger partial charge in [-0.15, -0.1) is 0 Å². The van der Waals surface area contributed by atoms with Crippen molar-refractivity contribution in [2.75, 3.05) is 13.2 Å². The topological polar surface area (TPSA) is 90.8 Å². The van der Waals surface area contributed by atoms with Crippen molar-refractivity contribution in [3.63, 3.8) is 0 Å². The smallest absolute Gasteiger partial charge is 0.245 e. The van der Waals surface area contributed by atoms with Gasteiger partial charge in [-0.1, -0.05) is 42.5 Å². The second kappa shape index (κ2) is 8.31. The molecule has 0 saturated heterocycles. The first-order chi connectivity index (χ1) is 14.6. The Morgan fingerprint density at radius 1 is 1.03 bits per heavy atom. The molecule has 7 heteroatoms. The third-order valence-corrected chi connectivity index (χ3v) is 4.78. The summed E-state index contributed by atoms with van der Waals surface area (Å²) in [4.78, 5) is 21.9. The average Bonchev–Trinajstić information content (AvgIpc) is 3.04. The van der Waals surface area contributed by atoms with E-state index in [9.17, 15) is 9.90 Å². The van der Waals surface area contributed by atoms with Gasteiger partial charge in [0.2, 0.25) is 18.0 Å². The number of hydrogen-bond donors (Lipinski definition) is 1. The molecule has 1 aliphatic heterocycles. The number of carbonyl (C=O) groups excluding carboxylic acids is 1. The second-order valence-electron chi connectivity index (χ2n) is 6.70. The van der Waals surface area contributed by atoms with Gasteiger partial charge in [0.25, 0.3) is 0 Å². The van der Waals surface area contributed by atoms with Crippen molar-refractivity contribution >= 4 is 16.8 Å². The first kappa shape index (κ1) is 20.2. The predicted octanol–water partition coefficient (Wildman–Crippen LogP) is 3.11. The number of aliphatic hydroxyl groups is 1. The Balaban J connectivity index is 1.85. The van der Waals surface area contributed by atoms with Crippen LogP contribution in [0.4, 0.5) is 0 Å². The highest BCUT2D eigenvalue weighted by Crippen LogP contribution is 2.46. The van der Waals surface area contributed by atoms with E-state index in [1.54, 1.807) is 50.2 Å². The number of aromatic nitrogens is 2. The molecule has 0 spiro atoms. The summed E-state index contributed by atoms with van der Waals surface area (Å²) in [5, 5.41) is 11.8. The van der Waals surface area contributed by atoms with E-state index in [1.165, 1.54) is 6.08 Å². The van der Waals surface area contributed by atoms with Crippen LogP contribution in [0.5, 0.6) is 5.88 Å². The van der Waals surface area contributed by atoms with E-state index >= 15 is 0 Å². The van der Waals surface area contributed by atoms with Crippen LogP contribution in [-0.4, -0.2) is 40.4 Å². The third-order valence-electron chi connectivity index (χ3n) is 4.78. The molecule has 0 bridgehead atoms. The van der Waals surface area contributed by atoms with E-state index in [4.69, 9.17) is 14.2 Å². The zero-order chi connectivity index (χ0) is 21.1. The Morgan fingerprint density at radius 3 is 2.27 bits per heavy atom. The number of nitrogens with zero attached hydrogens (tertiary/aromatic N) is 2. The highest BCUT2D eigenvalue weighted by molar-refractivity contribution is 5.93. The number of hydrogen-bond acceptors (Lipinski definition) is 7. The minimum absolute atomic E-state index is 0.00779. The van der Waals surface area contributed by atoms with Crippen LogP contribution in [0.1, 0.15) is 25.1 Å². The molecule has 1 unspecified atom stereocenters. The maximum atomic E-state index is 12.8. The fraction of sp³-hybridized carbons (Fsp3) is 0.261. The van der Waals surface area contributed by atoms with Crippen LogP contribution in [0.3, 0.4) is 0 Å². The van der Waals surface area contributed by atoms with Gasteiger partial charge in [0.1, 0.15) is 5.69 Å². The number of benzene rings is 2. The zero-order valence-electron chi connectivity index (χ0n) is 16.7. The summed E-state index contributed by atoms with van der Waals surface area (Å²) in [5.41, 5.74) is 0.211. The first-order valence-electron chi connectivity index (χ1n) is 9.80. The molecule has 0 fully saturated rings. The Kier molecular flexibility index (Phi) is 5.59. The number of ketones is 1. The van der Waals surface area contributed by atoms with E-state index in [-0.39, 0.29) is 17.3 Å². The summed E-state index contributed by atoms with van der Waals surface area (Å²) in [6.45, 7) is 4.15. The fourth-order valence-corrected chi connectivity index (χ4v) is 3.39. The molecule has 0 radical (unpaired) electrons. The molecular formula is C23H22N2O5. The molecule has 0 aliphatic carbocycles. The average molecular weight is 406 g/mol. The molecule has 3 aromatic rings. The molecule has 1 N–H and O–H groups in total. The monoisotopic (exact) mass is 406 g/mol. The van der Waals surface area contributed by atoms with Crippen molar-refractivity contribution in [3.05, 3.63) is 77.7 Å². The number of fused-ring (bicyclic) bond motifs is 2. The van der Waals surface area contributed by atoms with Crippen LogP contribution < -0.4 is 4.74 Å². The van der Waals surface area contributed by atoms with Gasteiger partial charge >= 0.3 is 0 Å². The van der Waals surface area contributed by atoms with Crippen molar-refractivity contribution in [1.29, 1.82) is 0 Å². The molecule has 30 heavy (non-hydrogen) atoms. The lowest BCUT2D eigenvalue weighted by atomic mass is 9.89. The number of rotatable bonds is 7. The number of para-hydroxylation sites is 2. The van der Waals surface area contributed by atoms with Crippen molar-refractivity contribution in [2.24, 2.45) is 0 Å². The lowest BCUT2D eigenvalue weighted by molar-refractivity contribution is -0.163. The van der Waals surface area contributed by atoms with Gasteiger partial charge < -0.3 is 19.3 Å². The largest absolute Gasteiger partial charge is 0.438 e. The van der Waals surface area contributed by atoms with Crippen LogP contribution in [0.15, 0.2) is 66.4 Å². The van der Waals surface area contributed by atoms with Crippen LogP contribution in [0.25, 0.3) is 11.0 Å². The summed E-state index contributed by atoms with van der Waals surface area (Å²) >= 11 is 0. The summed E-state index contributed by atoms with van der Waals surface area (Å²) in [7, 11) is 0. The Morgan fingerprint density at radius 2 is 1.63 bits per heavy atom. The molecule has 2 aromatic carbocycles. The molecule has 1 aromatic heterocycles. The Labute approximate surface area is 173 Å². The zero-order valence-corrected chi connectivity index (χ0v) is 16.7. The molecule has 2 heterocycles. The summed E-state index contributed by atoms with van der Waals surface area (Å²) in [6, 6.07) is 16.2. The highest BCUT2D eigenvalue weighted by atomic mass is 16.7. The maximum absolute atomic E-state index is 12.8. The molecule has 0 amide bonds. The van der Waals surface area contributed by atoms with Crippen LogP contribution in [-0.2, 0) is 19.9 Å². The molecule has 1 aliphatic rings. The van der Waals surface area contributed by atoms with Crippen molar-refractivity contribution in [1.82, 2.24) is 9.97 Å². The minimum atomic E-state index is -1.77. The first-order valence-corrected chi connectivity index (χ1v) is 9.80. The number of carbonyl (C=O) groups is 1. The fourth-order valence-electron chi connectivity index (χ4n) is 3.39. The molecule has 0 saturated carbocycles. The van der Waals surface area contributed by atoms with Gasteiger partial charge in [0, 0.05) is 19.3 Å². The van der Waals surface area contributed by atoms with Gasteiger partial charge in [0.05, 0.1) is 11.0 Å². The van der Waals surface area contributed by atoms with Crippen molar-refractivity contribution in [3.8, 4) is 5.88 Å². The van der Waals surface area contributed by atoms with Gasteiger partial charge in [-0.25, -0.2) is 9.97 Å². The van der Waals surface area contributed by atoms with Gasteiger partial charge in [-0.3, -0.25) is 4.79 Å². The van der Waals surface area contributed by atoms with Crippen LogP contribution in [0, 0.1) is 0 Å². The normalized spacial score (nSPS) is 19.3. The van der Waals surface area contributed by atoms with E-state index < -0.39 is 17.7 Å². The number of ether oxygens (including phenoxy) is 3. The predicted molar refractivity (Wildman–Crippen MR) is 110 cm³/mol. The Hall–Kier alpha value is -3.13. The molecule has 154 valence electrons. The molecule has 4 rings (SSSR count). The quantitative estimate of drug-likeness (QED) is 0.476. The minimum Gasteiger partial charge on any atom is -0.438 e. The highest BCUT2D eigenvalue weighted by Gasteiger charge is 2.49. The van der Waals surface area contributed by atoms with Gasteiger partial charge in [-0.05, 0) is 31.5 Å². The molecule has 7 nitrogen and oxygen atoms in total. The van der Waals surface area contributed by atoms with Crippen LogP contribution in [0.2, 0.25) is 0 Å². The van der Waals surface area contributed by atoms with Crippen molar-refractivity contribution < 1.29 is 24.1 Å². The third kappa shape index (κ3) is 3.47. The SMILES string of the molecule is CCOC(OCC)C(=O)/C=C1/Oc2nc3ccccc3nc2C1(O)c1ccccc1. The second-order valence-corrected chi connectivity index (χ2v) is 6.70. The van der Waals surface area contributed by atoms with Crippen LogP contribution >= 0.6 is 0 Å². The summed E-state index contributed by atoms with van der Waals surface area (Å²) < 4.78 is 16.6.